The number of phenols is 2. The molecule has 1 aromatic carbocycles. The molecule has 1 atom stereocenters. The van der Waals surface area contributed by atoms with Crippen LogP contribution in [0.3, 0.4) is 0 Å². The van der Waals surface area contributed by atoms with Crippen LogP contribution in [0.1, 0.15) is 33.9 Å². The third-order valence-electron chi connectivity index (χ3n) is 3.66. The van der Waals surface area contributed by atoms with Gasteiger partial charge in [0.1, 0.15) is 0 Å². The highest BCUT2D eigenvalue weighted by Gasteiger charge is 2.39. The minimum Gasteiger partial charge on any atom is -0.504 e. The Morgan fingerprint density at radius 2 is 2.19 bits per heavy atom. The van der Waals surface area contributed by atoms with Gasteiger partial charge in [-0.2, -0.15) is 0 Å². The average Bonchev–Trinajstić information content (AvgIpc) is 2.59. The van der Waals surface area contributed by atoms with Crippen molar-refractivity contribution in [2.75, 3.05) is 13.6 Å². The maximum atomic E-state index is 11.8. The Balaban J connectivity index is 2.31. The van der Waals surface area contributed by atoms with Crippen LogP contribution in [0.15, 0.2) is 6.07 Å². The van der Waals surface area contributed by atoms with Gasteiger partial charge in [0.15, 0.2) is 17.3 Å². The largest absolute Gasteiger partial charge is 0.504 e. The monoisotopic (exact) mass is 219 g/mol. The number of hydrogen-bond acceptors (Lipinski definition) is 4. The maximum absolute atomic E-state index is 11.8. The Labute approximate surface area is 93.1 Å². The number of nitrogens with zero attached hydrogens (tertiary/aromatic N) is 1. The number of benzene rings is 1. The molecule has 0 saturated carbocycles. The summed E-state index contributed by atoms with van der Waals surface area (Å²) < 4.78 is 0. The summed E-state index contributed by atoms with van der Waals surface area (Å²) in [6.45, 7) is 0.884. The van der Waals surface area contributed by atoms with E-state index in [1.54, 1.807) is 6.07 Å². The SMILES string of the molecule is CN1CCc2cc(O)c(O)c3c2[C@@H]1CC3=O. The molecule has 0 aromatic heterocycles. The summed E-state index contributed by atoms with van der Waals surface area (Å²) in [5, 5.41) is 19.3. The number of likely N-dealkylation sites (N-methyl/N-ethyl adjacent to an activating group) is 1. The summed E-state index contributed by atoms with van der Waals surface area (Å²) in [5.74, 6) is -0.489. The predicted molar refractivity (Wildman–Crippen MR) is 57.8 cm³/mol. The van der Waals surface area contributed by atoms with Gasteiger partial charge in [0.05, 0.1) is 5.56 Å². The Hall–Kier alpha value is -1.55. The second kappa shape index (κ2) is 2.98. The van der Waals surface area contributed by atoms with E-state index < -0.39 is 0 Å². The molecule has 0 saturated heterocycles. The third kappa shape index (κ3) is 1.05. The molecule has 1 heterocycles. The lowest BCUT2D eigenvalue weighted by Crippen LogP contribution is -2.30. The molecule has 84 valence electrons. The van der Waals surface area contributed by atoms with Gasteiger partial charge in [-0.05, 0) is 30.7 Å². The number of Topliss-reactive ketones (excluding diaryl/α,β-unsaturated/α-hetero) is 1. The number of phenolic OH excluding ortho intramolecular Hbond substituents is 2. The van der Waals surface area contributed by atoms with Crippen LogP contribution in [0, 0.1) is 0 Å². The fourth-order valence-electron chi connectivity index (χ4n) is 2.81. The van der Waals surface area contributed by atoms with Gasteiger partial charge in [-0.3, -0.25) is 9.69 Å². The lowest BCUT2D eigenvalue weighted by Gasteiger charge is -2.31. The lowest BCUT2D eigenvalue weighted by molar-refractivity contribution is 0.0960. The number of hydrogen-bond donors (Lipinski definition) is 2. The zero-order valence-electron chi connectivity index (χ0n) is 9.03. The first kappa shape index (κ1) is 9.66. The molecule has 1 aromatic rings. The van der Waals surface area contributed by atoms with E-state index in [0.717, 1.165) is 24.1 Å². The first-order valence-electron chi connectivity index (χ1n) is 5.40. The van der Waals surface area contributed by atoms with Crippen molar-refractivity contribution in [3.05, 3.63) is 22.8 Å². The van der Waals surface area contributed by atoms with Gasteiger partial charge in [-0.25, -0.2) is 0 Å². The summed E-state index contributed by atoms with van der Waals surface area (Å²) in [5.41, 5.74) is 2.26. The first-order chi connectivity index (χ1) is 7.59. The van der Waals surface area contributed by atoms with Crippen LogP contribution in [0.4, 0.5) is 0 Å². The quantitative estimate of drug-likeness (QED) is 0.644. The second-order valence-electron chi connectivity index (χ2n) is 4.57. The molecule has 2 N–H and O–H groups in total. The first-order valence-corrected chi connectivity index (χ1v) is 5.40. The van der Waals surface area contributed by atoms with Crippen molar-refractivity contribution < 1.29 is 15.0 Å². The van der Waals surface area contributed by atoms with E-state index in [1.807, 2.05) is 7.05 Å². The molecule has 0 spiro atoms. The predicted octanol–water partition coefficient (Wildman–Crippen LogP) is 1.21. The van der Waals surface area contributed by atoms with Crippen LogP contribution in [0.2, 0.25) is 0 Å². The van der Waals surface area contributed by atoms with Crippen LogP contribution < -0.4 is 0 Å². The summed E-state index contributed by atoms with van der Waals surface area (Å²) in [7, 11) is 1.99. The molecule has 0 radical (unpaired) electrons. The van der Waals surface area contributed by atoms with E-state index in [-0.39, 0.29) is 23.3 Å². The molecule has 0 amide bonds. The molecular formula is C12H13NO3. The van der Waals surface area contributed by atoms with Crippen molar-refractivity contribution in [3.8, 4) is 11.5 Å². The summed E-state index contributed by atoms with van der Waals surface area (Å²) in [6.07, 6.45) is 1.23. The number of ketones is 1. The van der Waals surface area contributed by atoms with E-state index in [9.17, 15) is 15.0 Å². The lowest BCUT2D eigenvalue weighted by atomic mass is 9.93. The fourth-order valence-corrected chi connectivity index (χ4v) is 2.81. The van der Waals surface area contributed by atoms with Crippen LogP contribution >= 0.6 is 0 Å². The number of carbonyl (C=O) groups is 1. The molecule has 3 rings (SSSR count). The van der Waals surface area contributed by atoms with Gasteiger partial charge in [-0.15, -0.1) is 0 Å². The van der Waals surface area contributed by atoms with Crippen molar-refractivity contribution in [2.24, 2.45) is 0 Å². The van der Waals surface area contributed by atoms with Crippen molar-refractivity contribution in [2.45, 2.75) is 18.9 Å². The van der Waals surface area contributed by atoms with E-state index >= 15 is 0 Å². The van der Waals surface area contributed by atoms with E-state index in [4.69, 9.17) is 0 Å². The normalized spacial score (nSPS) is 23.6. The molecule has 1 aliphatic carbocycles. The van der Waals surface area contributed by atoms with E-state index in [2.05, 4.69) is 4.90 Å². The standard InChI is InChI=1S/C12H13NO3/c1-13-3-2-6-4-9(15)12(16)11-8(14)5-7(13)10(6)11/h4,7,15-16H,2-3,5H2,1H3/t7-/m0/s1. The number of aromatic hydroxyl groups is 2. The Morgan fingerprint density at radius 3 is 2.94 bits per heavy atom. The van der Waals surface area contributed by atoms with Crippen LogP contribution in [0.5, 0.6) is 11.5 Å². The summed E-state index contributed by atoms with van der Waals surface area (Å²) in [6, 6.07) is 1.67. The topological polar surface area (TPSA) is 60.8 Å². The highest BCUT2D eigenvalue weighted by atomic mass is 16.3. The molecule has 4 heteroatoms. The smallest absolute Gasteiger partial charge is 0.168 e. The molecule has 0 fully saturated rings. The van der Waals surface area contributed by atoms with Crippen molar-refractivity contribution in [3.63, 3.8) is 0 Å². The van der Waals surface area contributed by atoms with E-state index in [1.165, 1.54) is 0 Å². The Kier molecular flexibility index (Phi) is 1.80. The molecule has 2 aliphatic rings. The second-order valence-corrected chi connectivity index (χ2v) is 4.57. The molecule has 4 nitrogen and oxygen atoms in total. The molecule has 0 unspecified atom stereocenters. The minimum absolute atomic E-state index is 0.0663. The van der Waals surface area contributed by atoms with Gasteiger partial charge in [0, 0.05) is 19.0 Å². The van der Waals surface area contributed by atoms with Crippen molar-refractivity contribution >= 4 is 5.78 Å². The fraction of sp³-hybridized carbons (Fsp3) is 0.417. The van der Waals surface area contributed by atoms with Gasteiger partial charge >= 0.3 is 0 Å². The van der Waals surface area contributed by atoms with Crippen LogP contribution in [-0.2, 0) is 6.42 Å². The maximum Gasteiger partial charge on any atom is 0.168 e. The third-order valence-corrected chi connectivity index (χ3v) is 3.66. The van der Waals surface area contributed by atoms with Crippen LogP contribution in [0.25, 0.3) is 0 Å². The molecule has 0 bridgehead atoms. The summed E-state index contributed by atoms with van der Waals surface area (Å²) in [4.78, 5) is 14.0. The van der Waals surface area contributed by atoms with Gasteiger partial charge in [0.25, 0.3) is 0 Å². The molecular weight excluding hydrogens is 206 g/mol. The zero-order chi connectivity index (χ0) is 11.4. The van der Waals surface area contributed by atoms with Gasteiger partial charge < -0.3 is 10.2 Å². The van der Waals surface area contributed by atoms with Crippen molar-refractivity contribution in [1.82, 2.24) is 4.90 Å². The highest BCUT2D eigenvalue weighted by Crippen LogP contribution is 2.47. The van der Waals surface area contributed by atoms with Gasteiger partial charge in [-0.1, -0.05) is 0 Å². The molecule has 16 heavy (non-hydrogen) atoms. The minimum atomic E-state index is -0.249. The summed E-state index contributed by atoms with van der Waals surface area (Å²) >= 11 is 0. The molecule has 1 aliphatic heterocycles. The van der Waals surface area contributed by atoms with Gasteiger partial charge in [0.2, 0.25) is 0 Å². The van der Waals surface area contributed by atoms with Crippen molar-refractivity contribution in [1.29, 1.82) is 0 Å². The Bertz CT molecular complexity index is 496. The Morgan fingerprint density at radius 1 is 1.44 bits per heavy atom. The number of carbonyl (C=O) groups excluding carboxylic acids is 1. The average molecular weight is 219 g/mol. The highest BCUT2D eigenvalue weighted by molar-refractivity contribution is 6.04. The zero-order valence-corrected chi connectivity index (χ0v) is 9.03. The van der Waals surface area contributed by atoms with E-state index in [0.29, 0.717) is 12.0 Å². The number of rotatable bonds is 0. The van der Waals surface area contributed by atoms with Crippen LogP contribution in [-0.4, -0.2) is 34.5 Å².